The Morgan fingerprint density at radius 1 is 0.971 bits per heavy atom. The highest BCUT2D eigenvalue weighted by molar-refractivity contribution is 5.75. The first-order valence-corrected chi connectivity index (χ1v) is 11.4. The summed E-state index contributed by atoms with van der Waals surface area (Å²) >= 11 is 0. The Morgan fingerprint density at radius 3 is 2.24 bits per heavy atom. The molecule has 4 aromatic rings. The Bertz CT molecular complexity index is 1120. The minimum absolute atomic E-state index is 0.167. The topological polar surface area (TPSA) is 85.9 Å². The van der Waals surface area contributed by atoms with E-state index < -0.39 is 0 Å². The quantitative estimate of drug-likeness (QED) is 0.367. The summed E-state index contributed by atoms with van der Waals surface area (Å²) in [6, 6.07) is 16.7. The van der Waals surface area contributed by atoms with Crippen molar-refractivity contribution in [1.82, 2.24) is 14.4 Å². The second-order valence-electron chi connectivity index (χ2n) is 7.65. The molecule has 7 nitrogen and oxygen atoms in total. The van der Waals surface area contributed by atoms with Crippen LogP contribution in [-0.2, 0) is 0 Å². The van der Waals surface area contributed by atoms with Gasteiger partial charge in [-0.05, 0) is 45.0 Å². The number of fused-ring (bicyclic) bond motifs is 1. The van der Waals surface area contributed by atoms with Gasteiger partial charge in [-0.1, -0.05) is 43.7 Å². The SMILES string of the molecule is CC.CC(C)O.CO.Cc1cccc(-c2cnc3c(Nc4cccc(N(C)C)c4)nccn23)c1. The monoisotopic (exact) mass is 465 g/mol. The smallest absolute Gasteiger partial charge is 0.180 e. The summed E-state index contributed by atoms with van der Waals surface area (Å²) in [6.45, 7) is 9.54. The molecule has 0 aliphatic heterocycles. The van der Waals surface area contributed by atoms with Crippen molar-refractivity contribution in [2.24, 2.45) is 0 Å². The molecule has 2 aromatic carbocycles. The molecular weight excluding hydrogens is 426 g/mol. The second-order valence-corrected chi connectivity index (χ2v) is 7.65. The molecule has 2 heterocycles. The summed E-state index contributed by atoms with van der Waals surface area (Å²) in [5, 5.41) is 18.5. The van der Waals surface area contributed by atoms with Crippen LogP contribution in [0.3, 0.4) is 0 Å². The largest absolute Gasteiger partial charge is 0.400 e. The van der Waals surface area contributed by atoms with Gasteiger partial charge in [0.1, 0.15) is 0 Å². The summed E-state index contributed by atoms with van der Waals surface area (Å²) in [5.41, 5.74) is 6.34. The molecule has 0 aliphatic rings. The average molecular weight is 466 g/mol. The van der Waals surface area contributed by atoms with Crippen molar-refractivity contribution >= 4 is 22.8 Å². The van der Waals surface area contributed by atoms with Crippen LogP contribution in [0.5, 0.6) is 0 Å². The van der Waals surface area contributed by atoms with Crippen LogP contribution >= 0.6 is 0 Å². The predicted octanol–water partition coefficient (Wildman–Crippen LogP) is 5.54. The van der Waals surface area contributed by atoms with E-state index in [1.165, 1.54) is 5.56 Å². The van der Waals surface area contributed by atoms with E-state index in [1.807, 2.05) is 52.5 Å². The van der Waals surface area contributed by atoms with Gasteiger partial charge in [-0.3, -0.25) is 4.40 Å². The molecule has 0 amide bonds. The maximum absolute atomic E-state index is 8.06. The number of aryl methyl sites for hydroxylation is 1. The molecule has 184 valence electrons. The summed E-state index contributed by atoms with van der Waals surface area (Å²) in [4.78, 5) is 11.2. The predicted molar refractivity (Wildman–Crippen MR) is 144 cm³/mol. The van der Waals surface area contributed by atoms with Crippen LogP contribution in [0.2, 0.25) is 0 Å². The molecule has 0 saturated heterocycles. The Balaban J connectivity index is 0.000000644. The minimum atomic E-state index is -0.167. The third-order valence-corrected chi connectivity index (χ3v) is 4.37. The van der Waals surface area contributed by atoms with Gasteiger partial charge in [0.2, 0.25) is 0 Å². The highest BCUT2D eigenvalue weighted by Gasteiger charge is 2.11. The standard InChI is InChI=1S/C21H21N5.C3H8O.C2H6.CH4O/c1-15-6-4-7-16(12-15)19-14-23-21-20(22-10-11-26(19)21)24-17-8-5-9-18(13-17)25(2)3;1-3(2)4;2*1-2/h4-14H,1-3H3,(H,22,24);3-4H,1-2H3;1-2H3;2H,1H3. The maximum atomic E-state index is 8.06. The number of rotatable bonds is 4. The second kappa shape index (κ2) is 14.7. The summed E-state index contributed by atoms with van der Waals surface area (Å²) in [6.07, 6.45) is 5.47. The van der Waals surface area contributed by atoms with E-state index in [0.29, 0.717) is 0 Å². The summed E-state index contributed by atoms with van der Waals surface area (Å²) < 4.78 is 2.07. The van der Waals surface area contributed by atoms with Crippen molar-refractivity contribution in [2.75, 3.05) is 31.4 Å². The number of nitrogens with one attached hydrogen (secondary N) is 1. The molecule has 0 radical (unpaired) electrons. The van der Waals surface area contributed by atoms with Crippen LogP contribution < -0.4 is 10.2 Å². The molecule has 4 rings (SSSR count). The molecule has 7 heteroatoms. The molecule has 0 bridgehead atoms. The van der Waals surface area contributed by atoms with Gasteiger partial charge in [-0.2, -0.15) is 0 Å². The third-order valence-electron chi connectivity index (χ3n) is 4.37. The van der Waals surface area contributed by atoms with Crippen molar-refractivity contribution in [3.63, 3.8) is 0 Å². The molecule has 3 N–H and O–H groups in total. The minimum Gasteiger partial charge on any atom is -0.400 e. The van der Waals surface area contributed by atoms with E-state index in [-0.39, 0.29) is 6.10 Å². The average Bonchev–Trinajstić information content (AvgIpc) is 3.27. The summed E-state index contributed by atoms with van der Waals surface area (Å²) in [7, 11) is 5.06. The van der Waals surface area contributed by atoms with Gasteiger partial charge >= 0.3 is 0 Å². The number of imidazole rings is 1. The molecule has 34 heavy (non-hydrogen) atoms. The zero-order valence-electron chi connectivity index (χ0n) is 21.6. The Hall–Kier alpha value is -3.42. The lowest BCUT2D eigenvalue weighted by atomic mass is 10.1. The number of aliphatic hydroxyl groups is 2. The number of aromatic nitrogens is 3. The molecular formula is C27H39N5O2. The fourth-order valence-electron chi connectivity index (χ4n) is 3.02. The number of hydrogen-bond donors (Lipinski definition) is 3. The normalized spacial score (nSPS) is 9.74. The fraction of sp³-hybridized carbons (Fsp3) is 0.333. The molecule has 0 saturated carbocycles. The van der Waals surface area contributed by atoms with E-state index >= 15 is 0 Å². The number of hydrogen-bond acceptors (Lipinski definition) is 6. The molecule has 0 fully saturated rings. The number of aliphatic hydroxyl groups excluding tert-OH is 2. The van der Waals surface area contributed by atoms with E-state index in [4.69, 9.17) is 10.2 Å². The van der Waals surface area contributed by atoms with Crippen LogP contribution in [0.1, 0.15) is 33.3 Å². The van der Waals surface area contributed by atoms with Crippen LogP contribution in [0.25, 0.3) is 16.9 Å². The zero-order valence-corrected chi connectivity index (χ0v) is 21.6. The van der Waals surface area contributed by atoms with Crippen LogP contribution in [0.15, 0.2) is 67.1 Å². The molecule has 0 aliphatic carbocycles. The van der Waals surface area contributed by atoms with Gasteiger partial charge in [0.05, 0.1) is 11.9 Å². The lowest BCUT2D eigenvalue weighted by Crippen LogP contribution is -2.08. The van der Waals surface area contributed by atoms with E-state index in [0.717, 1.165) is 41.2 Å². The highest BCUT2D eigenvalue weighted by atomic mass is 16.3. The number of nitrogens with zero attached hydrogens (tertiary/aromatic N) is 4. The first-order chi connectivity index (χ1) is 16.3. The zero-order chi connectivity index (χ0) is 25.7. The molecule has 0 spiro atoms. The van der Waals surface area contributed by atoms with Gasteiger partial charge in [0.25, 0.3) is 0 Å². The van der Waals surface area contributed by atoms with E-state index in [9.17, 15) is 0 Å². The van der Waals surface area contributed by atoms with Crippen LogP contribution in [0, 0.1) is 6.92 Å². The third kappa shape index (κ3) is 8.17. The Morgan fingerprint density at radius 2 is 1.62 bits per heavy atom. The van der Waals surface area contributed by atoms with Crippen molar-refractivity contribution in [2.45, 2.75) is 40.7 Å². The maximum Gasteiger partial charge on any atom is 0.180 e. The number of benzene rings is 2. The lowest BCUT2D eigenvalue weighted by molar-refractivity contribution is 0.216. The van der Waals surface area contributed by atoms with Gasteiger partial charge < -0.3 is 20.4 Å². The molecule has 0 unspecified atom stereocenters. The Kier molecular flexibility index (Phi) is 12.3. The van der Waals surface area contributed by atoms with Gasteiger partial charge in [-0.15, -0.1) is 0 Å². The van der Waals surface area contributed by atoms with E-state index in [2.05, 4.69) is 67.9 Å². The first-order valence-electron chi connectivity index (χ1n) is 11.4. The van der Waals surface area contributed by atoms with Gasteiger partial charge in [0.15, 0.2) is 11.5 Å². The van der Waals surface area contributed by atoms with Crippen molar-refractivity contribution in [3.8, 4) is 11.3 Å². The van der Waals surface area contributed by atoms with Crippen molar-refractivity contribution < 1.29 is 10.2 Å². The van der Waals surface area contributed by atoms with Gasteiger partial charge in [-0.25, -0.2) is 9.97 Å². The fourth-order valence-corrected chi connectivity index (χ4v) is 3.02. The number of anilines is 3. The first kappa shape index (κ1) is 28.6. The Labute approximate surface area is 203 Å². The molecule has 0 atom stereocenters. The van der Waals surface area contributed by atoms with Crippen molar-refractivity contribution in [3.05, 3.63) is 72.7 Å². The van der Waals surface area contributed by atoms with E-state index in [1.54, 1.807) is 20.0 Å². The summed E-state index contributed by atoms with van der Waals surface area (Å²) in [5.74, 6) is 0.738. The highest BCUT2D eigenvalue weighted by Crippen LogP contribution is 2.26. The van der Waals surface area contributed by atoms with Gasteiger partial charge in [0, 0.05) is 56.6 Å². The van der Waals surface area contributed by atoms with Crippen LogP contribution in [-0.4, -0.2) is 51.9 Å². The van der Waals surface area contributed by atoms with Crippen LogP contribution in [0.4, 0.5) is 17.2 Å². The lowest BCUT2D eigenvalue weighted by Gasteiger charge is -2.14. The van der Waals surface area contributed by atoms with Crippen molar-refractivity contribution in [1.29, 1.82) is 0 Å². The molecule has 2 aromatic heterocycles.